The zero-order chi connectivity index (χ0) is 10.3. The van der Waals surface area contributed by atoms with Gasteiger partial charge in [0.15, 0.2) is 5.82 Å². The zero-order valence-corrected chi connectivity index (χ0v) is 10.3. The number of rotatable bonds is 1. The van der Waals surface area contributed by atoms with Gasteiger partial charge in [0.1, 0.15) is 5.75 Å². The number of hydrogen-bond acceptors (Lipinski definition) is 2. The van der Waals surface area contributed by atoms with Crippen LogP contribution in [-0.4, -0.2) is 11.7 Å². The summed E-state index contributed by atoms with van der Waals surface area (Å²) in [5, 5.41) is 12.8. The van der Waals surface area contributed by atoms with Crippen molar-refractivity contribution in [1.82, 2.24) is 5.32 Å². The van der Waals surface area contributed by atoms with Crippen molar-refractivity contribution in [3.63, 3.8) is 0 Å². The first-order valence-electron chi connectivity index (χ1n) is 4.21. The first-order valence-corrected chi connectivity index (χ1v) is 5.79. The van der Waals surface area contributed by atoms with Crippen molar-refractivity contribution < 1.29 is 9.50 Å². The molecule has 0 saturated carbocycles. The Morgan fingerprint density at radius 2 is 2.14 bits per heavy atom. The maximum absolute atomic E-state index is 13.3. The highest BCUT2D eigenvalue weighted by molar-refractivity contribution is 9.11. The summed E-state index contributed by atoms with van der Waals surface area (Å²) in [6.07, 6.45) is 0.970. The Morgan fingerprint density at radius 3 is 2.64 bits per heavy atom. The third kappa shape index (κ3) is 1.57. The highest BCUT2D eigenvalue weighted by Crippen LogP contribution is 2.40. The van der Waals surface area contributed by atoms with Crippen LogP contribution in [0.2, 0.25) is 0 Å². The molecule has 2 rings (SSSR count). The van der Waals surface area contributed by atoms with Crippen molar-refractivity contribution in [3.05, 3.63) is 26.4 Å². The van der Waals surface area contributed by atoms with Gasteiger partial charge in [0.05, 0.1) is 8.95 Å². The Labute approximate surface area is 97.8 Å². The van der Waals surface area contributed by atoms with Crippen molar-refractivity contribution in [3.8, 4) is 5.75 Å². The molecule has 1 fully saturated rings. The first-order chi connectivity index (χ1) is 6.61. The molecule has 1 aliphatic rings. The van der Waals surface area contributed by atoms with E-state index in [9.17, 15) is 9.50 Å². The highest BCUT2D eigenvalue weighted by Gasteiger charge is 2.25. The molecule has 1 saturated heterocycles. The van der Waals surface area contributed by atoms with E-state index in [0.29, 0.717) is 4.47 Å². The van der Waals surface area contributed by atoms with E-state index in [4.69, 9.17) is 0 Å². The molecule has 0 aromatic heterocycles. The van der Waals surface area contributed by atoms with Gasteiger partial charge in [-0.2, -0.15) is 0 Å². The molecule has 14 heavy (non-hydrogen) atoms. The van der Waals surface area contributed by atoms with Crippen molar-refractivity contribution in [2.75, 3.05) is 6.54 Å². The number of hydrogen-bond donors (Lipinski definition) is 2. The van der Waals surface area contributed by atoms with Gasteiger partial charge in [0.2, 0.25) is 0 Å². The second kappa shape index (κ2) is 3.79. The summed E-state index contributed by atoms with van der Waals surface area (Å²) in [6, 6.07) is 1.76. The first kappa shape index (κ1) is 10.4. The van der Waals surface area contributed by atoms with E-state index in [1.54, 1.807) is 6.07 Å². The van der Waals surface area contributed by atoms with Crippen LogP contribution in [0.5, 0.6) is 5.75 Å². The molecule has 5 heteroatoms. The molecule has 2 N–H and O–H groups in total. The molecule has 0 unspecified atom stereocenters. The molecule has 0 spiro atoms. The van der Waals surface area contributed by atoms with Crippen LogP contribution < -0.4 is 5.32 Å². The maximum Gasteiger partial charge on any atom is 0.155 e. The summed E-state index contributed by atoms with van der Waals surface area (Å²) < 4.78 is 13.8. The van der Waals surface area contributed by atoms with E-state index in [1.807, 2.05) is 0 Å². The summed E-state index contributed by atoms with van der Waals surface area (Å²) in [6.45, 7) is 0.941. The molecule has 1 aromatic rings. The maximum atomic E-state index is 13.3. The van der Waals surface area contributed by atoms with Gasteiger partial charge in [-0.05, 0) is 50.9 Å². The fraction of sp³-hybridized carbons (Fsp3) is 0.333. The van der Waals surface area contributed by atoms with Gasteiger partial charge in [-0.3, -0.25) is 0 Å². The van der Waals surface area contributed by atoms with E-state index >= 15 is 0 Å². The van der Waals surface area contributed by atoms with Crippen LogP contribution in [0.25, 0.3) is 0 Å². The smallest absolute Gasteiger partial charge is 0.155 e. The predicted molar refractivity (Wildman–Crippen MR) is 58.8 cm³/mol. The number of halogens is 3. The van der Waals surface area contributed by atoms with Gasteiger partial charge in [0, 0.05) is 11.6 Å². The van der Waals surface area contributed by atoms with E-state index in [1.165, 1.54) is 0 Å². The second-order valence-corrected chi connectivity index (χ2v) is 4.87. The molecular formula is C9H8Br2FNO. The van der Waals surface area contributed by atoms with E-state index < -0.39 is 5.82 Å². The SMILES string of the molecule is Oc1c([C@@H]2CCN2)cc(Br)c(F)c1Br. The Hall–Kier alpha value is -0.130. The largest absolute Gasteiger partial charge is 0.506 e. The molecule has 1 atom stereocenters. The number of nitrogens with one attached hydrogen (secondary N) is 1. The van der Waals surface area contributed by atoms with E-state index in [-0.39, 0.29) is 16.3 Å². The average Bonchev–Trinajstić information content (AvgIpc) is 2.08. The van der Waals surface area contributed by atoms with Crippen LogP contribution in [0.3, 0.4) is 0 Å². The Kier molecular flexibility index (Phi) is 2.81. The van der Waals surface area contributed by atoms with E-state index in [0.717, 1.165) is 18.5 Å². The van der Waals surface area contributed by atoms with E-state index in [2.05, 4.69) is 37.2 Å². The lowest BCUT2D eigenvalue weighted by atomic mass is 9.97. The van der Waals surface area contributed by atoms with Crippen LogP contribution >= 0.6 is 31.9 Å². The molecule has 1 aliphatic heterocycles. The second-order valence-electron chi connectivity index (χ2n) is 3.22. The molecule has 0 aliphatic carbocycles. The standard InChI is InChI=1S/C9H8Br2FNO/c10-5-3-4(6-1-2-13-6)9(14)7(11)8(5)12/h3,6,13-14H,1-2H2/t6-/m0/s1. The monoisotopic (exact) mass is 323 g/mol. The summed E-state index contributed by atoms with van der Waals surface area (Å²) in [7, 11) is 0. The lowest BCUT2D eigenvalue weighted by molar-refractivity contribution is 0.361. The molecule has 0 radical (unpaired) electrons. The quantitative estimate of drug-likeness (QED) is 0.778. The van der Waals surface area contributed by atoms with Crippen molar-refractivity contribution in [1.29, 1.82) is 0 Å². The van der Waals surface area contributed by atoms with Gasteiger partial charge in [-0.1, -0.05) is 0 Å². The van der Waals surface area contributed by atoms with Crippen LogP contribution in [0, 0.1) is 5.82 Å². The molecular weight excluding hydrogens is 317 g/mol. The topological polar surface area (TPSA) is 32.3 Å². The summed E-state index contributed by atoms with van der Waals surface area (Å²) >= 11 is 6.13. The zero-order valence-electron chi connectivity index (χ0n) is 7.15. The van der Waals surface area contributed by atoms with Gasteiger partial charge < -0.3 is 10.4 Å². The third-order valence-electron chi connectivity index (χ3n) is 2.37. The Bertz CT molecular complexity index is 380. The van der Waals surface area contributed by atoms with Crippen molar-refractivity contribution >= 4 is 31.9 Å². The number of benzene rings is 1. The fourth-order valence-corrected chi connectivity index (χ4v) is 2.58. The molecule has 2 nitrogen and oxygen atoms in total. The molecule has 76 valence electrons. The minimum absolute atomic E-state index is 0.0112. The van der Waals surface area contributed by atoms with Crippen molar-refractivity contribution in [2.24, 2.45) is 0 Å². The van der Waals surface area contributed by atoms with Crippen LogP contribution in [-0.2, 0) is 0 Å². The third-order valence-corrected chi connectivity index (χ3v) is 3.67. The number of phenolic OH excluding ortho intramolecular Hbond substituents is 1. The minimum Gasteiger partial charge on any atom is -0.506 e. The lowest BCUT2D eigenvalue weighted by Crippen LogP contribution is -2.35. The van der Waals surface area contributed by atoms with Crippen LogP contribution in [0.15, 0.2) is 15.0 Å². The lowest BCUT2D eigenvalue weighted by Gasteiger charge is -2.29. The van der Waals surface area contributed by atoms with Crippen molar-refractivity contribution in [2.45, 2.75) is 12.5 Å². The number of aromatic hydroxyl groups is 1. The number of phenols is 1. The Morgan fingerprint density at radius 1 is 1.50 bits per heavy atom. The summed E-state index contributed by atoms with van der Waals surface area (Å²) in [5.74, 6) is -0.478. The summed E-state index contributed by atoms with van der Waals surface area (Å²) in [4.78, 5) is 0. The molecule has 0 bridgehead atoms. The van der Waals surface area contributed by atoms with Gasteiger partial charge in [-0.25, -0.2) is 4.39 Å². The fourth-order valence-electron chi connectivity index (χ4n) is 1.42. The normalized spacial score (nSPS) is 20.6. The van der Waals surface area contributed by atoms with Gasteiger partial charge in [-0.15, -0.1) is 0 Å². The molecule has 0 amide bonds. The average molecular weight is 325 g/mol. The molecule has 1 heterocycles. The molecule has 1 aromatic carbocycles. The van der Waals surface area contributed by atoms with Gasteiger partial charge >= 0.3 is 0 Å². The van der Waals surface area contributed by atoms with Crippen LogP contribution in [0.4, 0.5) is 4.39 Å². The summed E-state index contributed by atoms with van der Waals surface area (Å²) in [5.41, 5.74) is 0.733. The highest BCUT2D eigenvalue weighted by atomic mass is 79.9. The predicted octanol–water partition coefficient (Wildman–Crippen LogP) is 3.09. The minimum atomic E-state index is -0.467. The Balaban J connectivity index is 2.49. The van der Waals surface area contributed by atoms with Gasteiger partial charge in [0.25, 0.3) is 0 Å². The van der Waals surface area contributed by atoms with Crippen LogP contribution in [0.1, 0.15) is 18.0 Å².